The molecule has 11 N–H and O–H groups in total. The first-order valence-electron chi connectivity index (χ1n) is 43.1. The average Bonchev–Trinajstić information content (AvgIpc) is 1.71. The molecule has 4 aliphatic carbocycles. The van der Waals surface area contributed by atoms with Crippen LogP contribution in [-0.2, 0) is 104 Å². The molecule has 0 saturated carbocycles. The first kappa shape index (κ1) is 92.5. The number of nitrogens with zero attached hydrogens (tertiary/aromatic N) is 16. The van der Waals surface area contributed by atoms with E-state index in [-0.39, 0.29) is 63.8 Å². The van der Waals surface area contributed by atoms with Crippen molar-refractivity contribution in [1.29, 1.82) is 0 Å². The molecule has 0 aromatic carbocycles. The monoisotopic (exact) mass is 1860 g/mol. The summed E-state index contributed by atoms with van der Waals surface area (Å²) >= 11 is 3.19. The molecule has 8 fully saturated rings. The van der Waals surface area contributed by atoms with Crippen molar-refractivity contribution in [2.45, 2.75) is 98.3 Å². The van der Waals surface area contributed by atoms with Crippen LogP contribution in [0.4, 0.5) is 23.3 Å². The quantitative estimate of drug-likeness (QED) is 0.0964. The second-order valence-electron chi connectivity index (χ2n) is 32.9. The topological polar surface area (TPSA) is 501 Å². The minimum Gasteiger partial charge on any atom is -0.358 e. The first-order chi connectivity index (χ1) is 65.9. The maximum Gasteiger partial charge on any atom is 0.259 e. The van der Waals surface area contributed by atoms with Crippen LogP contribution in [-0.4, -0.2) is 228 Å². The Morgan fingerprint density at radius 2 is 0.676 bits per heavy atom. The van der Waals surface area contributed by atoms with Crippen molar-refractivity contribution in [1.82, 2.24) is 118 Å². The molecule has 136 heavy (non-hydrogen) atoms. The summed E-state index contributed by atoms with van der Waals surface area (Å²) in [7, 11) is 0. The van der Waals surface area contributed by atoms with E-state index in [9.17, 15) is 38.4 Å². The van der Waals surface area contributed by atoms with Crippen LogP contribution >= 0.6 is 23.5 Å². The molecule has 0 spiro atoms. The fourth-order valence-electron chi connectivity index (χ4n) is 16.4. The van der Waals surface area contributed by atoms with Gasteiger partial charge in [-0.2, -0.15) is 0 Å². The number of aromatic nitrogens is 12. The van der Waals surface area contributed by atoms with Gasteiger partial charge in [0, 0.05) is 207 Å². The molecular weight excluding hydrogens is 1770 g/mol. The van der Waals surface area contributed by atoms with Crippen molar-refractivity contribution in [2.24, 2.45) is 20.0 Å². The van der Waals surface area contributed by atoms with E-state index in [1.165, 1.54) is 6.33 Å². The molecule has 8 saturated heterocycles. The van der Waals surface area contributed by atoms with E-state index < -0.39 is 30.4 Å². The Kier molecular flexibility index (Phi) is 28.5. The van der Waals surface area contributed by atoms with Crippen molar-refractivity contribution in [2.75, 3.05) is 51.0 Å². The molecule has 24 rings (SSSR count). The van der Waals surface area contributed by atoms with Crippen LogP contribution in [0.5, 0.6) is 0 Å². The third-order valence-corrected chi connectivity index (χ3v) is 25.4. The van der Waals surface area contributed by atoms with Gasteiger partial charge < -0.3 is 56.7 Å². The number of nitrogens with one attached hydrogen (secondary N) is 11. The molecule has 8 aromatic heterocycles. The number of piperazine rings is 3. The molecule has 8 atom stereocenters. The summed E-state index contributed by atoms with van der Waals surface area (Å²) in [4.78, 5) is 162. The smallest absolute Gasteiger partial charge is 0.259 e. The summed E-state index contributed by atoms with van der Waals surface area (Å²) in [6.45, 7) is 32.5. The Bertz CT molecular complexity index is 5470. The van der Waals surface area contributed by atoms with Gasteiger partial charge in [0.2, 0.25) is 29.5 Å². The molecule has 20 heterocycles. The van der Waals surface area contributed by atoms with Crippen molar-refractivity contribution < 1.29 is 52.6 Å². The molecular formula is C96H91N27O11S2. The standard InChI is InChI=1S/C13H13N3O.2C13H12N2O2.C13H12N2OS.2C11H11N5O.C11H10N4O2.C11H10N4OS/c1-8-7-15-12(13(17)16-8)10-5-9-3-2-4-14-11(9)6-10;1-8-7-17-12(13(16)15-8)10-4-9-2-3-14-6-11(9)5-10;2*1-8-7-17-12(13(16)15-8)10-5-9-3-2-4-14-11(9)6-10;1-6-3-13-9(11(17)15-6)8-2-7-4-12-5-14-10(7)16-8;1-6-5-14-9(11(17)15-6)7-4-8-10(16-7)13-3-2-12-8;2*1-6-5-17-9(11(16)14-6)7-4-8-10(15-7)13-3-2-12-8/h2-5,12,15H,1,6-7H2,(H,16,17);2-4,6,12H,1,5,7H2,(H,15,16);2*2-5,12H,1,6-7H2,(H,15,16);4-5,9,13H,1-3H2,(H,15,17);2-3,9,14H,1,4-5H2,(H,15,17);2*2-3,9H,1,4-5H2,(H,14,16). The number of fused-ring (bicyclic) bond motifs is 8. The lowest BCUT2D eigenvalue weighted by Gasteiger charge is -2.25. The number of aliphatic imine (C=N–C) groups is 4. The van der Waals surface area contributed by atoms with E-state index in [0.717, 1.165) is 155 Å². The van der Waals surface area contributed by atoms with Gasteiger partial charge in [-0.15, -0.1) is 23.5 Å². The van der Waals surface area contributed by atoms with Gasteiger partial charge >= 0.3 is 0 Å². The van der Waals surface area contributed by atoms with Crippen molar-refractivity contribution in [3.63, 3.8) is 0 Å². The Morgan fingerprint density at radius 3 is 1.15 bits per heavy atom. The Labute approximate surface area is 788 Å². The third kappa shape index (κ3) is 22.1. The maximum absolute atomic E-state index is 11.9. The highest BCUT2D eigenvalue weighted by atomic mass is 32.2. The van der Waals surface area contributed by atoms with Crippen molar-refractivity contribution in [3.05, 3.63) is 311 Å². The highest BCUT2D eigenvalue weighted by molar-refractivity contribution is 8.01. The Morgan fingerprint density at radius 1 is 0.294 bits per heavy atom. The lowest BCUT2D eigenvalue weighted by Crippen LogP contribution is -2.55. The first-order valence-corrected chi connectivity index (χ1v) is 45.2. The molecule has 40 heteroatoms. The van der Waals surface area contributed by atoms with Gasteiger partial charge in [-0.1, -0.05) is 95.1 Å². The van der Waals surface area contributed by atoms with Gasteiger partial charge in [0.15, 0.2) is 41.6 Å². The SMILES string of the molecule is C=C1CNC(C2=Cc3cccnc3C2)C(=O)N1.C=C1CNC(C2=Nc3nccnc3C2)C(=O)N1.C=C1CNC(C2=Nc3ncncc3C2)C(=O)N1.C=C1COC(C2=Cc3cccnc3C2)C(=O)N1.C=C1COC(C2=Cc3ccncc3C2)C(=O)N1.C=C1COC(C2=Nc3nccnc3C2)C(=O)N1.C=C1CSC(C2=Cc3cccnc3C2)C(=O)N1.C=C1CSC(C2=Nc3nccnc3C2)C(=O)N1. The maximum atomic E-state index is 11.9. The van der Waals surface area contributed by atoms with Crippen LogP contribution in [0.3, 0.4) is 0 Å². The van der Waals surface area contributed by atoms with E-state index in [4.69, 9.17) is 14.2 Å². The summed E-state index contributed by atoms with van der Waals surface area (Å²) < 4.78 is 16.4. The largest absolute Gasteiger partial charge is 0.358 e. The molecule has 12 aliphatic heterocycles. The highest BCUT2D eigenvalue weighted by Gasteiger charge is 2.40. The van der Waals surface area contributed by atoms with Crippen LogP contribution in [0.2, 0.25) is 0 Å². The number of amides is 8. The summed E-state index contributed by atoms with van der Waals surface area (Å²) in [6, 6.07) is 12.7. The second-order valence-corrected chi connectivity index (χ2v) is 35.1. The number of carbonyl (C=O) groups excluding carboxylic acids is 8. The molecule has 8 unspecified atom stereocenters. The molecule has 8 aromatic rings. The third-order valence-electron chi connectivity index (χ3n) is 22.7. The zero-order valence-corrected chi connectivity index (χ0v) is 75.0. The average molecular weight is 1860 g/mol. The Hall–Kier alpha value is -15.3. The minimum absolute atomic E-state index is 0.0275. The van der Waals surface area contributed by atoms with Crippen LogP contribution in [0.25, 0.3) is 24.3 Å². The van der Waals surface area contributed by atoms with Crippen LogP contribution in [0.1, 0.15) is 67.5 Å². The van der Waals surface area contributed by atoms with E-state index in [1.807, 2.05) is 66.9 Å². The van der Waals surface area contributed by atoms with E-state index >= 15 is 0 Å². The van der Waals surface area contributed by atoms with Gasteiger partial charge in [-0.05, 0) is 80.8 Å². The van der Waals surface area contributed by atoms with Crippen molar-refractivity contribution in [3.8, 4) is 0 Å². The number of ether oxygens (including phenoxy) is 3. The number of rotatable bonds is 8. The fraction of sp³-hybridized carbons (Fsp3) is 0.250. The lowest BCUT2D eigenvalue weighted by molar-refractivity contribution is -0.133. The number of pyridine rings is 4. The van der Waals surface area contributed by atoms with E-state index in [1.54, 1.807) is 91.7 Å². The summed E-state index contributed by atoms with van der Waals surface area (Å²) in [5.74, 6) is 3.25. The van der Waals surface area contributed by atoms with Gasteiger partial charge in [-0.25, -0.2) is 44.9 Å². The van der Waals surface area contributed by atoms with Gasteiger partial charge in [-0.3, -0.25) is 89.2 Å². The van der Waals surface area contributed by atoms with Crippen molar-refractivity contribution >= 4 is 141 Å². The summed E-state index contributed by atoms with van der Waals surface area (Å²) in [5, 5.41) is 30.9. The number of thioether (sulfide) groups is 2. The molecule has 8 amide bonds. The molecule has 38 nitrogen and oxygen atoms in total. The zero-order valence-electron chi connectivity index (χ0n) is 73.4. The Balaban J connectivity index is 0.000000108. The normalized spacial score (nSPS) is 23.1. The minimum atomic E-state index is -0.656. The molecule has 0 radical (unpaired) electrons. The van der Waals surface area contributed by atoms with E-state index in [0.29, 0.717) is 129 Å². The number of hydrogen-bond acceptors (Lipinski definition) is 32. The van der Waals surface area contributed by atoms with Gasteiger partial charge in [0.05, 0.1) is 71.1 Å². The molecule has 16 aliphatic rings. The lowest BCUT2D eigenvalue weighted by atomic mass is 10.0. The van der Waals surface area contributed by atoms with Crippen LogP contribution < -0.4 is 58.5 Å². The van der Waals surface area contributed by atoms with Gasteiger partial charge in [0.1, 0.15) is 35.0 Å². The number of hydrogen-bond donors (Lipinski definition) is 11. The molecule has 688 valence electrons. The van der Waals surface area contributed by atoms with E-state index in [2.05, 4.69) is 197 Å². The second kappa shape index (κ2) is 41.9. The molecule has 0 bridgehead atoms. The van der Waals surface area contributed by atoms with Gasteiger partial charge in [0.25, 0.3) is 17.7 Å². The fourth-order valence-corrected chi connectivity index (χ4v) is 18.4. The number of morpholine rings is 3. The van der Waals surface area contributed by atoms with Crippen LogP contribution in [0, 0.1) is 0 Å². The number of carbonyl (C=O) groups is 8. The predicted molar refractivity (Wildman–Crippen MR) is 510 cm³/mol. The summed E-state index contributed by atoms with van der Waals surface area (Å²) in [6.07, 6.45) is 33.5. The zero-order chi connectivity index (χ0) is 94.6. The predicted octanol–water partition coefficient (Wildman–Crippen LogP) is 4.89. The van der Waals surface area contributed by atoms with Crippen LogP contribution in [0.15, 0.2) is 264 Å². The highest BCUT2D eigenvalue weighted by Crippen LogP contribution is 2.37. The summed E-state index contributed by atoms with van der Waals surface area (Å²) in [5.41, 5.74) is 24.7.